The standard InChI is InChI=1S/C16H12Cl3N3O3S/c17-12-4-1-10(2-5-12)16-21-15(25-22-16)8-20-26(23,24)9-11-3-6-13(18)7-14(11)19/h1-7,20H,8-9H2. The summed E-state index contributed by atoms with van der Waals surface area (Å²) in [6.07, 6.45) is 0. The lowest BCUT2D eigenvalue weighted by atomic mass is 10.2. The molecule has 2 aromatic carbocycles. The second-order valence-electron chi connectivity index (χ2n) is 5.33. The molecule has 26 heavy (non-hydrogen) atoms. The summed E-state index contributed by atoms with van der Waals surface area (Å²) in [5.74, 6) is 0.193. The molecule has 0 bridgehead atoms. The maximum absolute atomic E-state index is 12.2. The molecule has 0 aliphatic heterocycles. The molecular weight excluding hydrogens is 421 g/mol. The van der Waals surface area contributed by atoms with E-state index in [1.807, 2.05) is 0 Å². The summed E-state index contributed by atoms with van der Waals surface area (Å²) in [6.45, 7) is -0.131. The van der Waals surface area contributed by atoms with Gasteiger partial charge in [0, 0.05) is 20.6 Å². The second-order valence-corrected chi connectivity index (χ2v) is 8.42. The summed E-state index contributed by atoms with van der Waals surface area (Å²) < 4.78 is 31.9. The minimum absolute atomic E-state index is 0.131. The Kier molecular flexibility index (Phi) is 5.84. The topological polar surface area (TPSA) is 85.1 Å². The summed E-state index contributed by atoms with van der Waals surface area (Å²) in [5, 5.41) is 5.13. The summed E-state index contributed by atoms with van der Waals surface area (Å²) in [4.78, 5) is 4.16. The van der Waals surface area contributed by atoms with Gasteiger partial charge in [0.05, 0.1) is 12.3 Å². The fraction of sp³-hybridized carbons (Fsp3) is 0.125. The van der Waals surface area contributed by atoms with Crippen LogP contribution >= 0.6 is 34.8 Å². The van der Waals surface area contributed by atoms with E-state index in [1.54, 1.807) is 36.4 Å². The Labute approximate surface area is 165 Å². The van der Waals surface area contributed by atoms with Crippen molar-refractivity contribution >= 4 is 44.8 Å². The van der Waals surface area contributed by atoms with Gasteiger partial charge in [0.2, 0.25) is 21.7 Å². The van der Waals surface area contributed by atoms with Gasteiger partial charge in [0.25, 0.3) is 0 Å². The molecule has 3 rings (SSSR count). The van der Waals surface area contributed by atoms with Crippen LogP contribution in [0.3, 0.4) is 0 Å². The first-order valence-electron chi connectivity index (χ1n) is 7.32. The number of halogens is 3. The number of benzene rings is 2. The predicted octanol–water partition coefficient (Wildman–Crippen LogP) is 4.32. The summed E-state index contributed by atoms with van der Waals surface area (Å²) in [6, 6.07) is 11.5. The van der Waals surface area contributed by atoms with Crippen LogP contribution < -0.4 is 4.72 Å². The first-order valence-corrected chi connectivity index (χ1v) is 10.1. The molecule has 0 fully saturated rings. The Morgan fingerprint density at radius 2 is 1.69 bits per heavy atom. The van der Waals surface area contributed by atoms with Crippen molar-refractivity contribution in [3.8, 4) is 11.4 Å². The van der Waals surface area contributed by atoms with E-state index in [0.717, 1.165) is 0 Å². The molecular formula is C16H12Cl3N3O3S. The molecule has 0 radical (unpaired) electrons. The van der Waals surface area contributed by atoms with Crippen molar-refractivity contribution in [1.29, 1.82) is 0 Å². The monoisotopic (exact) mass is 431 g/mol. The van der Waals surface area contributed by atoms with E-state index in [0.29, 0.717) is 27.0 Å². The molecule has 0 amide bonds. The molecule has 1 heterocycles. The quantitative estimate of drug-likeness (QED) is 0.627. The number of aromatic nitrogens is 2. The van der Waals surface area contributed by atoms with Gasteiger partial charge in [-0.3, -0.25) is 0 Å². The van der Waals surface area contributed by atoms with E-state index in [9.17, 15) is 8.42 Å². The fourth-order valence-corrected chi connectivity index (χ4v) is 3.90. The minimum atomic E-state index is -3.65. The van der Waals surface area contributed by atoms with E-state index in [1.165, 1.54) is 6.07 Å². The fourth-order valence-electron chi connectivity index (χ4n) is 2.11. The molecule has 0 saturated carbocycles. The molecule has 0 aliphatic rings. The van der Waals surface area contributed by atoms with Crippen LogP contribution in [0.5, 0.6) is 0 Å². The molecule has 1 aromatic heterocycles. The number of nitrogens with one attached hydrogen (secondary N) is 1. The average Bonchev–Trinajstić information content (AvgIpc) is 3.05. The van der Waals surface area contributed by atoms with Gasteiger partial charge < -0.3 is 4.52 Å². The molecule has 10 heteroatoms. The number of rotatable bonds is 6. The number of nitrogens with zero attached hydrogens (tertiary/aromatic N) is 2. The third-order valence-corrected chi connectivity index (χ3v) is 5.49. The predicted molar refractivity (Wildman–Crippen MR) is 101 cm³/mol. The highest BCUT2D eigenvalue weighted by Gasteiger charge is 2.16. The Morgan fingerprint density at radius 3 is 2.38 bits per heavy atom. The van der Waals surface area contributed by atoms with Crippen molar-refractivity contribution in [1.82, 2.24) is 14.9 Å². The Bertz CT molecular complexity index is 1020. The van der Waals surface area contributed by atoms with Crippen molar-refractivity contribution in [2.75, 3.05) is 0 Å². The van der Waals surface area contributed by atoms with Crippen LogP contribution in [0, 0.1) is 0 Å². The molecule has 0 saturated heterocycles. The normalized spacial score (nSPS) is 11.7. The maximum Gasteiger partial charge on any atom is 0.242 e. The Morgan fingerprint density at radius 1 is 1.00 bits per heavy atom. The van der Waals surface area contributed by atoms with E-state index in [-0.39, 0.29) is 23.2 Å². The smallest absolute Gasteiger partial charge is 0.242 e. The van der Waals surface area contributed by atoms with Gasteiger partial charge in [-0.2, -0.15) is 4.98 Å². The van der Waals surface area contributed by atoms with E-state index in [2.05, 4.69) is 14.9 Å². The number of hydrogen-bond donors (Lipinski definition) is 1. The highest BCUT2D eigenvalue weighted by atomic mass is 35.5. The van der Waals surface area contributed by atoms with Crippen molar-refractivity contribution in [2.45, 2.75) is 12.3 Å². The lowest BCUT2D eigenvalue weighted by Crippen LogP contribution is -2.25. The van der Waals surface area contributed by atoms with Crippen molar-refractivity contribution in [3.63, 3.8) is 0 Å². The van der Waals surface area contributed by atoms with E-state index >= 15 is 0 Å². The van der Waals surface area contributed by atoms with Gasteiger partial charge in [-0.1, -0.05) is 46.0 Å². The largest absolute Gasteiger partial charge is 0.338 e. The van der Waals surface area contributed by atoms with Crippen LogP contribution in [0.25, 0.3) is 11.4 Å². The summed E-state index contributed by atoms with van der Waals surface area (Å²) in [7, 11) is -3.65. The highest BCUT2D eigenvalue weighted by molar-refractivity contribution is 7.88. The SMILES string of the molecule is O=S(=O)(Cc1ccc(Cl)cc1Cl)NCc1nc(-c2ccc(Cl)cc2)no1. The van der Waals surface area contributed by atoms with Gasteiger partial charge in [-0.05, 0) is 42.0 Å². The molecule has 3 aromatic rings. The Balaban J connectivity index is 1.65. The molecule has 0 atom stereocenters. The zero-order valence-electron chi connectivity index (χ0n) is 13.1. The number of hydrogen-bond acceptors (Lipinski definition) is 5. The Hall–Kier alpha value is -1.64. The molecule has 136 valence electrons. The van der Waals surface area contributed by atoms with Crippen LogP contribution in [0.2, 0.25) is 15.1 Å². The van der Waals surface area contributed by atoms with Gasteiger partial charge in [0.1, 0.15) is 0 Å². The van der Waals surface area contributed by atoms with E-state index in [4.69, 9.17) is 39.3 Å². The lowest BCUT2D eigenvalue weighted by Gasteiger charge is -2.06. The zero-order valence-corrected chi connectivity index (χ0v) is 16.2. The molecule has 1 N–H and O–H groups in total. The molecule has 0 spiro atoms. The average molecular weight is 433 g/mol. The third kappa shape index (κ3) is 4.96. The van der Waals surface area contributed by atoms with Gasteiger partial charge in [0.15, 0.2) is 0 Å². The van der Waals surface area contributed by atoms with Crippen molar-refractivity contribution in [3.05, 3.63) is 69.0 Å². The first kappa shape index (κ1) is 19.1. The van der Waals surface area contributed by atoms with Crippen LogP contribution in [-0.4, -0.2) is 18.6 Å². The van der Waals surface area contributed by atoms with E-state index < -0.39 is 10.0 Å². The van der Waals surface area contributed by atoms with Crippen LogP contribution in [-0.2, 0) is 22.3 Å². The minimum Gasteiger partial charge on any atom is -0.338 e. The summed E-state index contributed by atoms with van der Waals surface area (Å²) >= 11 is 17.6. The van der Waals surface area contributed by atoms with Gasteiger partial charge in [-0.25, -0.2) is 13.1 Å². The van der Waals surface area contributed by atoms with Crippen LogP contribution in [0.15, 0.2) is 47.0 Å². The third-order valence-electron chi connectivity index (χ3n) is 3.37. The van der Waals surface area contributed by atoms with Crippen molar-refractivity contribution in [2.24, 2.45) is 0 Å². The highest BCUT2D eigenvalue weighted by Crippen LogP contribution is 2.23. The van der Waals surface area contributed by atoms with Gasteiger partial charge >= 0.3 is 0 Å². The summed E-state index contributed by atoms with van der Waals surface area (Å²) in [5.41, 5.74) is 1.15. The number of sulfonamides is 1. The second kappa shape index (κ2) is 7.94. The van der Waals surface area contributed by atoms with Crippen LogP contribution in [0.4, 0.5) is 0 Å². The molecule has 6 nitrogen and oxygen atoms in total. The lowest BCUT2D eigenvalue weighted by molar-refractivity contribution is 0.376. The first-order chi connectivity index (χ1) is 12.3. The zero-order chi connectivity index (χ0) is 18.7. The van der Waals surface area contributed by atoms with Crippen molar-refractivity contribution < 1.29 is 12.9 Å². The molecule has 0 unspecified atom stereocenters. The van der Waals surface area contributed by atoms with Crippen LogP contribution in [0.1, 0.15) is 11.5 Å². The molecule has 0 aliphatic carbocycles. The maximum atomic E-state index is 12.2. The van der Waals surface area contributed by atoms with Gasteiger partial charge in [-0.15, -0.1) is 0 Å².